The van der Waals surface area contributed by atoms with E-state index in [9.17, 15) is 14.7 Å². The highest BCUT2D eigenvalue weighted by Crippen LogP contribution is 2.44. The Balaban J connectivity index is 1.74. The largest absolute Gasteiger partial charge is 0.481 e. The fourth-order valence-corrected chi connectivity index (χ4v) is 4.13. The maximum Gasteiger partial charge on any atom is 0.310 e. The number of thiazole rings is 1. The van der Waals surface area contributed by atoms with Crippen LogP contribution in [-0.2, 0) is 19.7 Å². The Hall–Kier alpha value is -1.47. The van der Waals surface area contributed by atoms with Gasteiger partial charge in [0, 0.05) is 10.8 Å². The van der Waals surface area contributed by atoms with Gasteiger partial charge in [0.15, 0.2) is 5.13 Å². The number of rotatable bonds is 3. The fraction of sp³-hybridized carbons (Fsp3) is 0.667. The number of hydrogen-bond donors (Lipinski definition) is 2. The fourth-order valence-electron chi connectivity index (χ4n) is 3.19. The van der Waals surface area contributed by atoms with E-state index in [-0.39, 0.29) is 23.5 Å². The van der Waals surface area contributed by atoms with E-state index in [1.54, 1.807) is 0 Å². The summed E-state index contributed by atoms with van der Waals surface area (Å²) >= 11 is 1.36. The summed E-state index contributed by atoms with van der Waals surface area (Å²) < 4.78 is 5.62. The van der Waals surface area contributed by atoms with Crippen LogP contribution in [0.3, 0.4) is 0 Å². The minimum atomic E-state index is -0.957. The second-order valence-electron chi connectivity index (χ2n) is 6.96. The Kier molecular flexibility index (Phi) is 3.72. The van der Waals surface area contributed by atoms with Crippen molar-refractivity contribution in [3.63, 3.8) is 0 Å². The van der Waals surface area contributed by atoms with Gasteiger partial charge in [0.25, 0.3) is 0 Å². The predicted molar refractivity (Wildman–Crippen MR) is 82.0 cm³/mol. The molecule has 3 heterocycles. The van der Waals surface area contributed by atoms with Crippen molar-refractivity contribution in [1.82, 2.24) is 4.98 Å². The van der Waals surface area contributed by atoms with Crippen LogP contribution in [0.5, 0.6) is 0 Å². The number of amides is 1. The first-order valence-electron chi connectivity index (χ1n) is 7.42. The molecule has 2 aliphatic heterocycles. The molecule has 2 bridgehead atoms. The number of aromatic nitrogens is 1. The minimum Gasteiger partial charge on any atom is -0.481 e. The number of hydrogen-bond acceptors (Lipinski definition) is 5. The zero-order chi connectivity index (χ0) is 16.1. The van der Waals surface area contributed by atoms with Crippen LogP contribution in [-0.4, -0.2) is 34.2 Å². The molecule has 120 valence electrons. The summed E-state index contributed by atoms with van der Waals surface area (Å²) in [7, 11) is 0. The molecule has 0 radical (unpaired) electrons. The van der Waals surface area contributed by atoms with E-state index in [1.165, 1.54) is 11.3 Å². The quantitative estimate of drug-likeness (QED) is 0.890. The Morgan fingerprint density at radius 3 is 2.50 bits per heavy atom. The van der Waals surface area contributed by atoms with Crippen LogP contribution < -0.4 is 5.32 Å². The topological polar surface area (TPSA) is 88.5 Å². The molecule has 0 saturated carbocycles. The third kappa shape index (κ3) is 2.63. The molecule has 3 rings (SSSR count). The van der Waals surface area contributed by atoms with Crippen LogP contribution >= 0.6 is 11.3 Å². The minimum absolute atomic E-state index is 0.0847. The zero-order valence-electron chi connectivity index (χ0n) is 12.8. The van der Waals surface area contributed by atoms with Gasteiger partial charge in [-0.3, -0.25) is 9.59 Å². The number of ether oxygens (including phenoxy) is 1. The Labute approximate surface area is 132 Å². The summed E-state index contributed by atoms with van der Waals surface area (Å²) in [5.74, 6) is -2.63. The standard InChI is InChI=1S/C15H20N2O4S/c1-15(2,3)9-6-22-14(16-9)17-12(18)10-7-4-5-8(21-7)11(10)13(19)20/h6-8,10-11H,4-5H2,1-3H3,(H,19,20)(H,16,17,18)/t7-,8-,10+,11-/m1/s1. The lowest BCUT2D eigenvalue weighted by Crippen LogP contribution is -2.40. The molecule has 22 heavy (non-hydrogen) atoms. The highest BCUT2D eigenvalue weighted by molar-refractivity contribution is 7.13. The molecular weight excluding hydrogens is 304 g/mol. The van der Waals surface area contributed by atoms with Crippen molar-refractivity contribution in [3.8, 4) is 0 Å². The van der Waals surface area contributed by atoms with Crippen molar-refractivity contribution in [2.45, 2.75) is 51.2 Å². The molecule has 0 spiro atoms. The first-order valence-corrected chi connectivity index (χ1v) is 8.30. The summed E-state index contributed by atoms with van der Waals surface area (Å²) in [6.07, 6.45) is 0.849. The Morgan fingerprint density at radius 2 is 1.95 bits per heavy atom. The van der Waals surface area contributed by atoms with Crippen LogP contribution in [0.1, 0.15) is 39.3 Å². The average Bonchev–Trinajstić information content (AvgIpc) is 3.11. The number of carbonyl (C=O) groups is 2. The molecule has 2 aliphatic rings. The number of fused-ring (bicyclic) bond motifs is 2. The summed E-state index contributed by atoms with van der Waals surface area (Å²) in [5, 5.41) is 14.6. The lowest BCUT2D eigenvalue weighted by Gasteiger charge is -2.23. The number of carbonyl (C=O) groups excluding carboxylic acids is 1. The lowest BCUT2D eigenvalue weighted by molar-refractivity contribution is -0.147. The summed E-state index contributed by atoms with van der Waals surface area (Å²) in [6.45, 7) is 6.16. The molecule has 2 saturated heterocycles. The van der Waals surface area contributed by atoms with Crippen LogP contribution in [0.2, 0.25) is 0 Å². The molecule has 1 aromatic rings. The van der Waals surface area contributed by atoms with Crippen molar-refractivity contribution in [2.75, 3.05) is 5.32 Å². The maximum atomic E-state index is 12.5. The second-order valence-corrected chi connectivity index (χ2v) is 7.82. The van der Waals surface area contributed by atoms with Crippen molar-refractivity contribution in [2.24, 2.45) is 11.8 Å². The molecule has 0 unspecified atom stereocenters. The van der Waals surface area contributed by atoms with Crippen molar-refractivity contribution in [1.29, 1.82) is 0 Å². The van der Waals surface area contributed by atoms with Gasteiger partial charge in [-0.05, 0) is 12.8 Å². The monoisotopic (exact) mass is 324 g/mol. The van der Waals surface area contributed by atoms with Crippen molar-refractivity contribution < 1.29 is 19.4 Å². The summed E-state index contributed by atoms with van der Waals surface area (Å²) in [4.78, 5) is 28.3. The highest BCUT2D eigenvalue weighted by atomic mass is 32.1. The van der Waals surface area contributed by atoms with Gasteiger partial charge in [0.05, 0.1) is 29.7 Å². The van der Waals surface area contributed by atoms with Gasteiger partial charge in [-0.25, -0.2) is 4.98 Å². The lowest BCUT2D eigenvalue weighted by atomic mass is 9.79. The van der Waals surface area contributed by atoms with Crippen LogP contribution in [0.4, 0.5) is 5.13 Å². The van der Waals surface area contributed by atoms with Crippen LogP contribution in [0.15, 0.2) is 5.38 Å². The number of anilines is 1. The van der Waals surface area contributed by atoms with E-state index in [0.717, 1.165) is 18.5 Å². The van der Waals surface area contributed by atoms with Gasteiger partial charge in [-0.2, -0.15) is 0 Å². The van der Waals surface area contributed by atoms with Gasteiger partial charge in [-0.15, -0.1) is 11.3 Å². The highest BCUT2D eigenvalue weighted by Gasteiger charge is 2.55. The molecule has 4 atom stereocenters. The molecule has 1 aromatic heterocycles. The average molecular weight is 324 g/mol. The number of nitrogens with zero attached hydrogens (tertiary/aromatic N) is 1. The van der Waals surface area contributed by atoms with E-state index in [1.807, 2.05) is 5.38 Å². The van der Waals surface area contributed by atoms with Gasteiger partial charge >= 0.3 is 5.97 Å². The maximum absolute atomic E-state index is 12.5. The third-order valence-electron chi connectivity index (χ3n) is 4.36. The zero-order valence-corrected chi connectivity index (χ0v) is 13.6. The van der Waals surface area contributed by atoms with Crippen molar-refractivity contribution >= 4 is 28.3 Å². The van der Waals surface area contributed by atoms with Gasteiger partial charge in [0.2, 0.25) is 5.91 Å². The summed E-state index contributed by atoms with van der Waals surface area (Å²) in [6, 6.07) is 0. The van der Waals surface area contributed by atoms with E-state index in [0.29, 0.717) is 5.13 Å². The predicted octanol–water partition coefficient (Wildman–Crippen LogP) is 2.26. The molecule has 0 aliphatic carbocycles. The van der Waals surface area contributed by atoms with E-state index >= 15 is 0 Å². The van der Waals surface area contributed by atoms with Crippen molar-refractivity contribution in [3.05, 3.63) is 11.1 Å². The molecule has 0 aromatic carbocycles. The SMILES string of the molecule is CC(C)(C)c1csc(NC(=O)[C@@H]2[C@H](C(=O)O)[C@H]3CC[C@H]2O3)n1. The third-order valence-corrected chi connectivity index (χ3v) is 5.12. The smallest absolute Gasteiger partial charge is 0.310 e. The van der Waals surface area contributed by atoms with E-state index in [4.69, 9.17) is 4.74 Å². The number of aliphatic carboxylic acids is 1. The van der Waals surface area contributed by atoms with E-state index in [2.05, 4.69) is 31.1 Å². The number of carboxylic acids is 1. The Morgan fingerprint density at radius 1 is 1.32 bits per heavy atom. The van der Waals surface area contributed by atoms with Gasteiger partial charge in [0.1, 0.15) is 0 Å². The molecule has 2 fully saturated rings. The molecule has 7 heteroatoms. The second kappa shape index (κ2) is 5.31. The summed E-state index contributed by atoms with van der Waals surface area (Å²) in [5.41, 5.74) is 0.824. The first-order chi connectivity index (χ1) is 10.3. The van der Waals surface area contributed by atoms with E-state index < -0.39 is 17.8 Å². The number of nitrogens with one attached hydrogen (secondary N) is 1. The molecule has 2 N–H and O–H groups in total. The van der Waals surface area contributed by atoms with Crippen LogP contribution in [0, 0.1) is 11.8 Å². The Bertz CT molecular complexity index is 607. The van der Waals surface area contributed by atoms with Crippen LogP contribution in [0.25, 0.3) is 0 Å². The molecule has 1 amide bonds. The molecule has 6 nitrogen and oxygen atoms in total. The first kappa shape index (κ1) is 15.4. The van der Waals surface area contributed by atoms with Gasteiger partial charge in [-0.1, -0.05) is 20.8 Å². The number of carboxylic acid groups (broad SMARTS) is 1. The molecular formula is C15H20N2O4S. The normalized spacial score (nSPS) is 30.5. The van der Waals surface area contributed by atoms with Gasteiger partial charge < -0.3 is 15.2 Å².